The minimum atomic E-state index is -1.31. The Morgan fingerprint density at radius 1 is 1.18 bits per heavy atom. The molecule has 0 atom stereocenters. The fourth-order valence-electron chi connectivity index (χ4n) is 2.39. The van der Waals surface area contributed by atoms with Crippen molar-refractivity contribution in [2.75, 3.05) is 0 Å². The number of fused-ring (bicyclic) bond motifs is 1. The molecule has 0 aliphatic rings. The number of hydrogen-bond acceptors (Lipinski definition) is 4. The highest BCUT2D eigenvalue weighted by Gasteiger charge is 2.16. The third-order valence-electron chi connectivity index (χ3n) is 3.47. The van der Waals surface area contributed by atoms with E-state index in [0.717, 1.165) is 11.1 Å². The molecule has 0 fully saturated rings. The van der Waals surface area contributed by atoms with Crippen LogP contribution in [0.5, 0.6) is 0 Å². The topological polar surface area (TPSA) is 85.1 Å². The van der Waals surface area contributed by atoms with Crippen molar-refractivity contribution in [3.8, 4) is 11.1 Å². The molecule has 0 saturated carbocycles. The first kappa shape index (κ1) is 13.9. The van der Waals surface area contributed by atoms with Gasteiger partial charge in [0.15, 0.2) is 0 Å². The maximum absolute atomic E-state index is 12.2. The van der Waals surface area contributed by atoms with E-state index in [1.165, 1.54) is 4.68 Å². The Labute approximate surface area is 125 Å². The monoisotopic (exact) mass is 295 g/mol. The second kappa shape index (κ2) is 5.40. The molecule has 0 amide bonds. The molecule has 2 aromatic heterocycles. The zero-order valence-electron chi connectivity index (χ0n) is 11.9. The molecule has 0 bridgehead atoms. The summed E-state index contributed by atoms with van der Waals surface area (Å²) in [5.74, 6) is -1.31. The molecule has 0 aliphatic heterocycles. The molecule has 0 saturated heterocycles. The first-order valence-electron chi connectivity index (χ1n) is 6.80. The van der Waals surface area contributed by atoms with Crippen molar-refractivity contribution in [1.29, 1.82) is 0 Å². The number of carboxylic acids is 1. The van der Waals surface area contributed by atoms with Gasteiger partial charge in [0, 0.05) is 24.3 Å². The largest absolute Gasteiger partial charge is 0.476 e. The van der Waals surface area contributed by atoms with Crippen LogP contribution >= 0.6 is 0 Å². The van der Waals surface area contributed by atoms with Crippen LogP contribution in [0, 0.1) is 0 Å². The molecule has 6 nitrogen and oxygen atoms in total. The minimum absolute atomic E-state index is 0.354. The van der Waals surface area contributed by atoms with Gasteiger partial charge in [-0.15, -0.1) is 0 Å². The van der Waals surface area contributed by atoms with Crippen LogP contribution in [-0.4, -0.2) is 25.8 Å². The average molecular weight is 295 g/mol. The number of aromatic nitrogens is 3. The quantitative estimate of drug-likeness (QED) is 0.800. The Morgan fingerprint density at radius 2 is 1.91 bits per heavy atom. The van der Waals surface area contributed by atoms with Crippen LogP contribution in [-0.2, 0) is 6.54 Å². The number of aromatic carboxylic acids is 1. The van der Waals surface area contributed by atoms with Gasteiger partial charge in [-0.1, -0.05) is 6.07 Å². The van der Waals surface area contributed by atoms with E-state index in [0.29, 0.717) is 17.4 Å². The summed E-state index contributed by atoms with van der Waals surface area (Å²) in [6, 6.07) is 9.02. The minimum Gasteiger partial charge on any atom is -0.476 e. The zero-order chi connectivity index (χ0) is 15.7. The van der Waals surface area contributed by atoms with Gasteiger partial charge in [-0.05, 0) is 42.3 Å². The number of nitrogens with zero attached hydrogens (tertiary/aromatic N) is 3. The van der Waals surface area contributed by atoms with Gasteiger partial charge in [-0.2, -0.15) is 5.10 Å². The van der Waals surface area contributed by atoms with Crippen LogP contribution < -0.4 is 5.43 Å². The molecule has 1 N–H and O–H groups in total. The second-order valence-electron chi connectivity index (χ2n) is 4.77. The van der Waals surface area contributed by atoms with E-state index in [1.807, 2.05) is 25.1 Å². The van der Waals surface area contributed by atoms with Crippen molar-refractivity contribution in [3.05, 3.63) is 58.6 Å². The predicted octanol–water partition coefficient (Wildman–Crippen LogP) is 2.18. The van der Waals surface area contributed by atoms with Gasteiger partial charge in [0.1, 0.15) is 0 Å². The van der Waals surface area contributed by atoms with Crippen LogP contribution in [0.15, 0.2) is 47.5 Å². The Balaban J connectivity index is 2.31. The summed E-state index contributed by atoms with van der Waals surface area (Å²) >= 11 is 0. The van der Waals surface area contributed by atoms with Crippen LogP contribution in [0.25, 0.3) is 22.0 Å². The predicted molar refractivity (Wildman–Crippen MR) is 81.9 cm³/mol. The van der Waals surface area contributed by atoms with Crippen LogP contribution in [0.1, 0.15) is 17.4 Å². The van der Waals surface area contributed by atoms with Gasteiger partial charge in [0.25, 0.3) is 0 Å². The fourth-order valence-corrected chi connectivity index (χ4v) is 2.39. The lowest BCUT2D eigenvalue weighted by Crippen LogP contribution is -2.22. The Bertz CT molecular complexity index is 917. The molecule has 1 aromatic carbocycles. The summed E-state index contributed by atoms with van der Waals surface area (Å²) in [7, 11) is 0. The van der Waals surface area contributed by atoms with E-state index >= 15 is 0 Å². The molecule has 110 valence electrons. The smallest absolute Gasteiger partial charge is 0.360 e. The summed E-state index contributed by atoms with van der Waals surface area (Å²) in [5.41, 5.74) is 1.49. The summed E-state index contributed by atoms with van der Waals surface area (Å²) in [4.78, 5) is 27.3. The van der Waals surface area contributed by atoms with E-state index < -0.39 is 17.1 Å². The first-order valence-corrected chi connectivity index (χ1v) is 6.80. The van der Waals surface area contributed by atoms with Crippen LogP contribution in [0.2, 0.25) is 0 Å². The summed E-state index contributed by atoms with van der Waals surface area (Å²) in [6.45, 7) is 2.32. The summed E-state index contributed by atoms with van der Waals surface area (Å²) < 4.78 is 1.53. The average Bonchev–Trinajstić information content (AvgIpc) is 2.55. The summed E-state index contributed by atoms with van der Waals surface area (Å²) in [5, 5.41) is 13.4. The van der Waals surface area contributed by atoms with Crippen molar-refractivity contribution in [2.24, 2.45) is 0 Å². The van der Waals surface area contributed by atoms with E-state index in [1.54, 1.807) is 24.5 Å². The highest BCUT2D eigenvalue weighted by Crippen LogP contribution is 2.22. The van der Waals surface area contributed by atoms with E-state index in [-0.39, 0.29) is 0 Å². The van der Waals surface area contributed by atoms with Crippen LogP contribution in [0.4, 0.5) is 0 Å². The molecule has 0 radical (unpaired) electrons. The maximum Gasteiger partial charge on any atom is 0.360 e. The van der Waals surface area contributed by atoms with E-state index in [2.05, 4.69) is 10.1 Å². The second-order valence-corrected chi connectivity index (χ2v) is 4.77. The molecule has 2 heterocycles. The van der Waals surface area contributed by atoms with Crippen molar-refractivity contribution < 1.29 is 9.90 Å². The number of carbonyl (C=O) groups is 1. The molecule has 0 aliphatic carbocycles. The zero-order valence-corrected chi connectivity index (χ0v) is 11.9. The molecule has 22 heavy (non-hydrogen) atoms. The Hall–Kier alpha value is -3.02. The number of rotatable bonds is 3. The lowest BCUT2D eigenvalue weighted by atomic mass is 10.0. The number of aryl methyl sites for hydroxylation is 1. The van der Waals surface area contributed by atoms with Gasteiger partial charge in [0.2, 0.25) is 11.1 Å². The van der Waals surface area contributed by atoms with E-state index in [9.17, 15) is 9.59 Å². The SMILES string of the molecule is CCn1nc(C(=O)O)c(=O)c2ccc(-c3ccncc3)cc21. The molecule has 3 aromatic rings. The normalized spacial score (nSPS) is 10.8. The van der Waals surface area contributed by atoms with Crippen molar-refractivity contribution in [3.63, 3.8) is 0 Å². The maximum atomic E-state index is 12.2. The number of pyridine rings is 1. The lowest BCUT2D eigenvalue weighted by molar-refractivity contribution is 0.0686. The number of carboxylic acid groups (broad SMARTS) is 1. The third kappa shape index (κ3) is 2.24. The lowest BCUT2D eigenvalue weighted by Gasteiger charge is -2.10. The van der Waals surface area contributed by atoms with Gasteiger partial charge < -0.3 is 5.11 Å². The molecule has 6 heteroatoms. The highest BCUT2D eigenvalue weighted by molar-refractivity contribution is 5.91. The Morgan fingerprint density at radius 3 is 2.55 bits per heavy atom. The highest BCUT2D eigenvalue weighted by atomic mass is 16.4. The van der Waals surface area contributed by atoms with Crippen molar-refractivity contribution in [2.45, 2.75) is 13.5 Å². The molecule has 0 spiro atoms. The summed E-state index contributed by atoms with van der Waals surface area (Å²) in [6.07, 6.45) is 3.39. The van der Waals surface area contributed by atoms with Gasteiger partial charge >= 0.3 is 5.97 Å². The van der Waals surface area contributed by atoms with Crippen molar-refractivity contribution in [1.82, 2.24) is 14.8 Å². The number of hydrogen-bond donors (Lipinski definition) is 1. The standard InChI is InChI=1S/C16H13N3O3/c1-2-19-13-9-11(10-5-7-17-8-6-10)3-4-12(13)15(20)14(18-19)16(21)22/h3-9H,2H2,1H3,(H,21,22). The molecule has 0 unspecified atom stereocenters. The van der Waals surface area contributed by atoms with Gasteiger partial charge in [-0.25, -0.2) is 4.79 Å². The fraction of sp³-hybridized carbons (Fsp3) is 0.125. The van der Waals surface area contributed by atoms with Gasteiger partial charge in [0.05, 0.1) is 5.52 Å². The molecule has 3 rings (SSSR count). The van der Waals surface area contributed by atoms with E-state index in [4.69, 9.17) is 5.11 Å². The van der Waals surface area contributed by atoms with Crippen LogP contribution in [0.3, 0.4) is 0 Å². The molecular formula is C16H13N3O3. The van der Waals surface area contributed by atoms with Crippen molar-refractivity contribution >= 4 is 16.9 Å². The Kier molecular flexibility index (Phi) is 3.42. The first-order chi connectivity index (χ1) is 10.6. The number of benzene rings is 1. The van der Waals surface area contributed by atoms with Gasteiger partial charge in [-0.3, -0.25) is 14.5 Å². The third-order valence-corrected chi connectivity index (χ3v) is 3.47. The molecular weight excluding hydrogens is 282 g/mol.